The summed E-state index contributed by atoms with van der Waals surface area (Å²) < 4.78 is 56.2. The monoisotopic (exact) mass is 487 g/mol. The van der Waals surface area contributed by atoms with Crippen molar-refractivity contribution in [3.05, 3.63) is 88.7 Å². The Bertz CT molecular complexity index is 1210. The van der Waals surface area contributed by atoms with Crippen molar-refractivity contribution in [2.24, 2.45) is 0 Å². The minimum Gasteiger partial charge on any atom is -0.497 e. The van der Waals surface area contributed by atoms with Crippen molar-refractivity contribution in [3.63, 3.8) is 0 Å². The molecule has 0 radical (unpaired) electrons. The number of alkyl halides is 3. The van der Waals surface area contributed by atoms with Crippen LogP contribution in [0.3, 0.4) is 0 Å². The van der Waals surface area contributed by atoms with Gasteiger partial charge in [-0.05, 0) is 62.7 Å². The molecule has 0 saturated carbocycles. The van der Waals surface area contributed by atoms with Gasteiger partial charge in [0.05, 0.1) is 23.8 Å². The van der Waals surface area contributed by atoms with Gasteiger partial charge in [0.2, 0.25) is 0 Å². The van der Waals surface area contributed by atoms with Crippen molar-refractivity contribution < 1.29 is 37.0 Å². The van der Waals surface area contributed by atoms with E-state index in [4.69, 9.17) is 14.2 Å². The Balaban J connectivity index is 1.99. The highest BCUT2D eigenvalue weighted by molar-refractivity contribution is 6.15. The summed E-state index contributed by atoms with van der Waals surface area (Å²) >= 11 is 0. The van der Waals surface area contributed by atoms with Gasteiger partial charge in [0.1, 0.15) is 23.7 Å². The van der Waals surface area contributed by atoms with E-state index >= 15 is 0 Å². The molecular weight excluding hydrogens is 463 g/mol. The van der Waals surface area contributed by atoms with E-state index in [0.717, 1.165) is 18.2 Å². The van der Waals surface area contributed by atoms with Crippen LogP contribution in [0.25, 0.3) is 0 Å². The van der Waals surface area contributed by atoms with E-state index in [-0.39, 0.29) is 29.0 Å². The minimum atomic E-state index is -4.64. The van der Waals surface area contributed by atoms with Crippen molar-refractivity contribution >= 4 is 11.8 Å². The average Bonchev–Trinajstić information content (AvgIpc) is 2.80. The van der Waals surface area contributed by atoms with Crippen LogP contribution in [0, 0.1) is 0 Å². The van der Waals surface area contributed by atoms with Crippen LogP contribution < -0.4 is 9.47 Å². The first kappa shape index (κ1) is 25.7. The summed E-state index contributed by atoms with van der Waals surface area (Å²) in [6, 6.07) is 10.7. The highest BCUT2D eigenvalue weighted by Gasteiger charge is 2.33. The summed E-state index contributed by atoms with van der Waals surface area (Å²) in [5.74, 6) is -1.14. The first-order chi connectivity index (χ1) is 16.4. The van der Waals surface area contributed by atoms with E-state index in [2.05, 4.69) is 4.98 Å². The summed E-state index contributed by atoms with van der Waals surface area (Å²) in [4.78, 5) is 29.9. The van der Waals surface area contributed by atoms with Gasteiger partial charge in [-0.3, -0.25) is 9.78 Å². The van der Waals surface area contributed by atoms with Gasteiger partial charge < -0.3 is 14.2 Å². The molecule has 0 amide bonds. The second kappa shape index (κ2) is 10.2. The molecule has 0 aliphatic rings. The largest absolute Gasteiger partial charge is 0.497 e. The number of ether oxygens (including phenoxy) is 3. The number of benzene rings is 2. The second-order valence-corrected chi connectivity index (χ2v) is 8.60. The highest BCUT2D eigenvalue weighted by Crippen LogP contribution is 2.34. The van der Waals surface area contributed by atoms with Gasteiger partial charge in [-0.25, -0.2) is 4.79 Å². The van der Waals surface area contributed by atoms with Gasteiger partial charge in [0.15, 0.2) is 5.78 Å². The van der Waals surface area contributed by atoms with Crippen LogP contribution in [0.4, 0.5) is 13.2 Å². The van der Waals surface area contributed by atoms with Gasteiger partial charge in [0.25, 0.3) is 0 Å². The van der Waals surface area contributed by atoms with Crippen LogP contribution in [0.5, 0.6) is 11.5 Å². The lowest BCUT2D eigenvalue weighted by Gasteiger charge is -2.20. The molecule has 0 N–H and O–H groups in total. The Morgan fingerprint density at radius 1 is 0.914 bits per heavy atom. The fourth-order valence-electron chi connectivity index (χ4n) is 3.12. The van der Waals surface area contributed by atoms with Crippen molar-refractivity contribution in [1.82, 2.24) is 4.98 Å². The smallest absolute Gasteiger partial charge is 0.416 e. The number of carbonyl (C=O) groups excluding carboxylic acids is 2. The number of ketones is 1. The Hall–Kier alpha value is -3.88. The molecule has 184 valence electrons. The number of aromatic nitrogens is 1. The Morgan fingerprint density at radius 3 is 2.20 bits per heavy atom. The number of nitrogens with zero attached hydrogens (tertiary/aromatic N) is 1. The summed E-state index contributed by atoms with van der Waals surface area (Å²) in [5.41, 5.74) is -1.45. The van der Waals surface area contributed by atoms with Gasteiger partial charge in [-0.1, -0.05) is 12.1 Å². The van der Waals surface area contributed by atoms with Gasteiger partial charge in [0, 0.05) is 18.0 Å². The second-order valence-electron chi connectivity index (χ2n) is 8.60. The number of carbonyl (C=O) groups is 2. The number of esters is 1. The van der Waals surface area contributed by atoms with Crippen molar-refractivity contribution in [2.75, 3.05) is 7.11 Å². The van der Waals surface area contributed by atoms with E-state index < -0.39 is 29.1 Å². The fraction of sp³-hybridized carbons (Fsp3) is 0.269. The van der Waals surface area contributed by atoms with Crippen LogP contribution in [0.2, 0.25) is 0 Å². The van der Waals surface area contributed by atoms with Crippen LogP contribution in [-0.4, -0.2) is 29.4 Å². The summed E-state index contributed by atoms with van der Waals surface area (Å²) in [6.07, 6.45) is -2.15. The van der Waals surface area contributed by atoms with Crippen molar-refractivity contribution in [3.8, 4) is 11.5 Å². The molecule has 0 fully saturated rings. The highest BCUT2D eigenvalue weighted by atomic mass is 19.4. The maximum Gasteiger partial charge on any atom is 0.416 e. The molecule has 0 bridgehead atoms. The Labute approximate surface area is 200 Å². The summed E-state index contributed by atoms with van der Waals surface area (Å²) in [5, 5.41) is 0. The van der Waals surface area contributed by atoms with Gasteiger partial charge in [-0.15, -0.1) is 0 Å². The summed E-state index contributed by atoms with van der Waals surface area (Å²) in [7, 11) is 1.51. The molecule has 0 aliphatic heterocycles. The maximum atomic E-state index is 13.4. The molecule has 0 aliphatic carbocycles. The third kappa shape index (κ3) is 6.59. The third-order valence-corrected chi connectivity index (χ3v) is 4.79. The quantitative estimate of drug-likeness (QED) is 0.306. The third-order valence-electron chi connectivity index (χ3n) is 4.79. The number of halogens is 3. The molecule has 0 unspecified atom stereocenters. The number of methoxy groups -OCH3 is 1. The Kier molecular flexibility index (Phi) is 7.48. The predicted molar refractivity (Wildman–Crippen MR) is 122 cm³/mol. The lowest BCUT2D eigenvalue weighted by atomic mass is 9.98. The van der Waals surface area contributed by atoms with E-state index in [1.165, 1.54) is 25.6 Å². The molecular formula is C26H24F3NO5. The van der Waals surface area contributed by atoms with Crippen molar-refractivity contribution in [1.29, 1.82) is 0 Å². The maximum absolute atomic E-state index is 13.4. The van der Waals surface area contributed by atoms with E-state index in [9.17, 15) is 22.8 Å². The first-order valence-electron chi connectivity index (χ1n) is 10.6. The zero-order valence-corrected chi connectivity index (χ0v) is 19.6. The molecule has 3 rings (SSSR count). The Morgan fingerprint density at radius 2 is 1.60 bits per heavy atom. The molecule has 1 aromatic heterocycles. The fourth-order valence-corrected chi connectivity index (χ4v) is 3.12. The molecule has 0 spiro atoms. The number of rotatable bonds is 7. The van der Waals surface area contributed by atoms with Gasteiger partial charge in [-0.2, -0.15) is 13.2 Å². The van der Waals surface area contributed by atoms with E-state index in [0.29, 0.717) is 11.3 Å². The van der Waals surface area contributed by atoms with Crippen LogP contribution in [-0.2, 0) is 17.5 Å². The number of pyridine rings is 1. The van der Waals surface area contributed by atoms with Crippen LogP contribution in [0.15, 0.2) is 60.9 Å². The summed E-state index contributed by atoms with van der Waals surface area (Å²) in [6.45, 7) is 4.91. The molecule has 35 heavy (non-hydrogen) atoms. The topological polar surface area (TPSA) is 74.7 Å². The standard InChI is InChI=1S/C26H24F3NO5/c1-25(2,3)35-24(32)21-14-30-12-11-19(21)23(31)20-10-7-17(26(27,28)29)13-22(20)34-15-16-5-8-18(33-4)9-6-16/h5-14H,15H2,1-4H3. The van der Waals surface area contributed by atoms with E-state index in [1.807, 2.05) is 0 Å². The molecule has 9 heteroatoms. The number of hydrogen-bond acceptors (Lipinski definition) is 6. The SMILES string of the molecule is COc1ccc(COc2cc(C(F)(F)F)ccc2C(=O)c2ccncc2C(=O)OC(C)(C)C)cc1. The molecule has 6 nitrogen and oxygen atoms in total. The lowest BCUT2D eigenvalue weighted by molar-refractivity contribution is -0.137. The van der Waals surface area contributed by atoms with Gasteiger partial charge >= 0.3 is 12.1 Å². The molecule has 0 saturated heterocycles. The van der Waals surface area contributed by atoms with Crippen LogP contribution >= 0.6 is 0 Å². The number of hydrogen-bond donors (Lipinski definition) is 0. The average molecular weight is 487 g/mol. The molecule has 0 atom stereocenters. The minimum absolute atomic E-state index is 0.0664. The predicted octanol–water partition coefficient (Wildman–Crippen LogP) is 5.87. The molecule has 1 heterocycles. The van der Waals surface area contributed by atoms with Crippen molar-refractivity contribution in [2.45, 2.75) is 39.2 Å². The lowest BCUT2D eigenvalue weighted by Crippen LogP contribution is -2.25. The normalized spacial score (nSPS) is 11.6. The van der Waals surface area contributed by atoms with E-state index in [1.54, 1.807) is 45.0 Å². The molecule has 2 aromatic carbocycles. The zero-order chi connectivity index (χ0) is 25.8. The first-order valence-corrected chi connectivity index (χ1v) is 10.6. The zero-order valence-electron chi connectivity index (χ0n) is 19.6. The molecule has 3 aromatic rings. The van der Waals surface area contributed by atoms with Crippen LogP contribution in [0.1, 0.15) is 58.2 Å².